The minimum absolute atomic E-state index is 0.0307. The number of amides is 3. The van der Waals surface area contributed by atoms with Crippen LogP contribution in [0.1, 0.15) is 63.2 Å². The van der Waals surface area contributed by atoms with Crippen molar-refractivity contribution in [1.82, 2.24) is 16.0 Å². The molecule has 4 rings (SSSR count). The summed E-state index contributed by atoms with van der Waals surface area (Å²) in [6, 6.07) is 12.6. The quantitative estimate of drug-likeness (QED) is 0.285. The molecule has 1 heterocycles. The second kappa shape index (κ2) is 13.8. The predicted octanol–water partition coefficient (Wildman–Crippen LogP) is 5.09. The third-order valence-electron chi connectivity index (χ3n) is 7.87. The monoisotopic (exact) mass is 617 g/mol. The minimum atomic E-state index is -1.04. The van der Waals surface area contributed by atoms with Gasteiger partial charge in [0.2, 0.25) is 11.8 Å². The predicted molar refractivity (Wildman–Crippen MR) is 159 cm³/mol. The summed E-state index contributed by atoms with van der Waals surface area (Å²) in [5, 5.41) is 9.24. The Morgan fingerprint density at radius 2 is 1.71 bits per heavy atom. The van der Waals surface area contributed by atoms with Crippen LogP contribution in [-0.2, 0) is 29.3 Å². The van der Waals surface area contributed by atoms with Gasteiger partial charge in [0.15, 0.2) is 0 Å². The summed E-state index contributed by atoms with van der Waals surface area (Å²) in [5.41, 5.74) is 1.17. The van der Waals surface area contributed by atoms with Crippen LogP contribution in [0.25, 0.3) is 0 Å². The highest BCUT2D eigenvalue weighted by Gasteiger charge is 2.54. The van der Waals surface area contributed by atoms with Gasteiger partial charge in [0.05, 0.1) is 7.11 Å². The van der Waals surface area contributed by atoms with Crippen LogP contribution in [0.4, 0.5) is 4.79 Å². The molecule has 11 heteroatoms. The Kier molecular flexibility index (Phi) is 10.4. The highest BCUT2D eigenvalue weighted by molar-refractivity contribution is 6.31. The van der Waals surface area contributed by atoms with Gasteiger partial charge in [-0.15, -0.1) is 0 Å². The highest BCUT2D eigenvalue weighted by Crippen LogP contribution is 2.58. The number of benzene rings is 2. The Balaban J connectivity index is 1.53. The molecule has 2 aromatic rings. The van der Waals surface area contributed by atoms with Crippen molar-refractivity contribution in [2.75, 3.05) is 13.7 Å². The van der Waals surface area contributed by atoms with Crippen LogP contribution in [0.15, 0.2) is 48.5 Å². The maximum absolute atomic E-state index is 13.5. The molecule has 1 saturated heterocycles. The molecule has 1 saturated carbocycles. The van der Waals surface area contributed by atoms with Gasteiger partial charge in [-0.1, -0.05) is 61.3 Å². The number of hydrogen-bond donors (Lipinski definition) is 3. The number of halogens is 2. The van der Waals surface area contributed by atoms with Crippen molar-refractivity contribution in [3.05, 3.63) is 69.7 Å². The highest BCUT2D eigenvalue weighted by atomic mass is 35.5. The first kappa shape index (κ1) is 31.6. The second-order valence-corrected chi connectivity index (χ2v) is 12.3. The normalized spacial score (nSPS) is 19.3. The summed E-state index contributed by atoms with van der Waals surface area (Å²) in [6.07, 6.45) is 1.01. The summed E-state index contributed by atoms with van der Waals surface area (Å²) in [4.78, 5) is 51.5. The fourth-order valence-corrected chi connectivity index (χ4v) is 5.96. The summed E-state index contributed by atoms with van der Waals surface area (Å²) in [6.45, 7) is 4.35. The van der Waals surface area contributed by atoms with Crippen LogP contribution in [0.3, 0.4) is 0 Å². The molecule has 1 aliphatic carbocycles. The molecule has 4 atom stereocenters. The van der Waals surface area contributed by atoms with Gasteiger partial charge in [0.1, 0.15) is 18.2 Å². The number of carbonyl (C=O) groups excluding carboxylic acids is 4. The van der Waals surface area contributed by atoms with Crippen LogP contribution in [0.5, 0.6) is 0 Å². The van der Waals surface area contributed by atoms with E-state index >= 15 is 0 Å². The van der Waals surface area contributed by atoms with Crippen molar-refractivity contribution in [3.63, 3.8) is 0 Å². The van der Waals surface area contributed by atoms with E-state index in [4.69, 9.17) is 32.7 Å². The molecule has 2 aromatic carbocycles. The fourth-order valence-electron chi connectivity index (χ4n) is 5.57. The molecule has 0 aromatic heterocycles. The molecular weight excluding hydrogens is 581 g/mol. The van der Waals surface area contributed by atoms with Gasteiger partial charge in [-0.05, 0) is 73.4 Å². The number of nitrogens with one attached hydrogen (secondary N) is 3. The van der Waals surface area contributed by atoms with Gasteiger partial charge in [-0.3, -0.25) is 9.59 Å². The number of rotatable bonds is 12. The molecule has 2 fully saturated rings. The maximum Gasteiger partial charge on any atom is 0.408 e. The molecule has 0 bridgehead atoms. The zero-order valence-electron chi connectivity index (χ0n) is 24.0. The van der Waals surface area contributed by atoms with Crippen LogP contribution in [0.2, 0.25) is 10.0 Å². The van der Waals surface area contributed by atoms with Crippen LogP contribution in [0, 0.1) is 11.8 Å². The van der Waals surface area contributed by atoms with E-state index in [9.17, 15) is 19.2 Å². The van der Waals surface area contributed by atoms with Gasteiger partial charge in [-0.25, -0.2) is 9.59 Å². The first-order valence-corrected chi connectivity index (χ1v) is 14.9. The minimum Gasteiger partial charge on any atom is -0.467 e. The molecule has 3 amide bonds. The molecule has 1 unspecified atom stereocenters. The van der Waals surface area contributed by atoms with Gasteiger partial charge in [0.25, 0.3) is 0 Å². The van der Waals surface area contributed by atoms with E-state index in [0.717, 1.165) is 24.0 Å². The molecule has 9 nitrogen and oxygen atoms in total. The Morgan fingerprint density at radius 3 is 2.29 bits per heavy atom. The lowest BCUT2D eigenvalue weighted by Crippen LogP contribution is -2.53. The van der Waals surface area contributed by atoms with Crippen LogP contribution < -0.4 is 16.0 Å². The third kappa shape index (κ3) is 7.75. The molecule has 1 aliphatic heterocycles. The Morgan fingerprint density at radius 1 is 1.02 bits per heavy atom. The first-order chi connectivity index (χ1) is 20.0. The van der Waals surface area contributed by atoms with Gasteiger partial charge >= 0.3 is 12.1 Å². The topological polar surface area (TPSA) is 123 Å². The number of hydrogen-bond acceptors (Lipinski definition) is 6. The van der Waals surface area contributed by atoms with E-state index in [1.54, 1.807) is 24.3 Å². The Labute approximate surface area is 256 Å². The van der Waals surface area contributed by atoms with Crippen LogP contribution >= 0.6 is 23.2 Å². The molecule has 2 aliphatic rings. The van der Waals surface area contributed by atoms with E-state index in [-0.39, 0.29) is 18.2 Å². The lowest BCUT2D eigenvalue weighted by Gasteiger charge is -2.30. The smallest absolute Gasteiger partial charge is 0.408 e. The molecule has 226 valence electrons. The molecule has 3 N–H and O–H groups in total. The lowest BCUT2D eigenvalue weighted by atomic mass is 9.86. The van der Waals surface area contributed by atoms with E-state index in [1.807, 2.05) is 38.1 Å². The number of methoxy groups -OCH3 is 1. The van der Waals surface area contributed by atoms with Gasteiger partial charge in [-0.2, -0.15) is 0 Å². The maximum atomic E-state index is 13.5. The van der Waals surface area contributed by atoms with E-state index in [0.29, 0.717) is 29.4 Å². The standard InChI is InChI=1S/C31H37Cl2N3O6/c1-18(2)14-24(28(38)35-25(29(39)41-3)16-20-10-13-34-27(20)37)36-30(40)42-26(19-6-4-8-22(32)15-19)31(11-12-31)21-7-5-9-23(33)17-21/h4-9,15,17-18,20,24-26H,10-14,16H2,1-3H3,(H,34,37)(H,35,38)(H,36,40)/t20-,24-,25-,26?/m0/s1. The Hall–Kier alpha value is -3.30. The lowest BCUT2D eigenvalue weighted by molar-refractivity contribution is -0.146. The third-order valence-corrected chi connectivity index (χ3v) is 8.34. The van der Waals surface area contributed by atoms with Crippen molar-refractivity contribution in [3.8, 4) is 0 Å². The average molecular weight is 619 g/mol. The van der Waals surface area contributed by atoms with E-state index in [2.05, 4.69) is 16.0 Å². The Bertz CT molecular complexity index is 1320. The van der Waals surface area contributed by atoms with Crippen LogP contribution in [-0.4, -0.2) is 49.6 Å². The zero-order valence-corrected chi connectivity index (χ0v) is 25.5. The van der Waals surface area contributed by atoms with E-state index < -0.39 is 47.5 Å². The number of carbonyl (C=O) groups is 4. The summed E-state index contributed by atoms with van der Waals surface area (Å²) < 4.78 is 11.0. The number of ether oxygens (including phenoxy) is 2. The largest absolute Gasteiger partial charge is 0.467 e. The molecule has 0 radical (unpaired) electrons. The first-order valence-electron chi connectivity index (χ1n) is 14.2. The SMILES string of the molecule is COC(=O)[C@H](C[C@@H]1CCNC1=O)NC(=O)[C@H](CC(C)C)NC(=O)OC(c1cccc(Cl)c1)C1(c2cccc(Cl)c2)CC1. The zero-order chi connectivity index (χ0) is 30.4. The number of alkyl carbamates (subject to hydrolysis) is 1. The number of esters is 1. The molecule has 0 spiro atoms. The van der Waals surface area contributed by atoms with Gasteiger partial charge in [0, 0.05) is 27.9 Å². The second-order valence-electron chi connectivity index (χ2n) is 11.4. The molecular formula is C31H37Cl2N3O6. The van der Waals surface area contributed by atoms with Crippen molar-refractivity contribution in [2.45, 2.75) is 69.6 Å². The van der Waals surface area contributed by atoms with Gasteiger partial charge < -0.3 is 25.4 Å². The summed E-state index contributed by atoms with van der Waals surface area (Å²) in [7, 11) is 1.22. The van der Waals surface area contributed by atoms with Crippen molar-refractivity contribution in [2.24, 2.45) is 11.8 Å². The van der Waals surface area contributed by atoms with Crippen molar-refractivity contribution >= 4 is 47.1 Å². The molecule has 42 heavy (non-hydrogen) atoms. The summed E-state index contributed by atoms with van der Waals surface area (Å²) >= 11 is 12.6. The van der Waals surface area contributed by atoms with Crippen molar-refractivity contribution < 1.29 is 28.7 Å². The fraction of sp³-hybridized carbons (Fsp3) is 0.484. The summed E-state index contributed by atoms with van der Waals surface area (Å²) in [5.74, 6) is -1.78. The average Bonchev–Trinajstić information content (AvgIpc) is 3.66. The van der Waals surface area contributed by atoms with Crippen molar-refractivity contribution in [1.29, 1.82) is 0 Å². The van der Waals surface area contributed by atoms with E-state index in [1.165, 1.54) is 7.11 Å².